The van der Waals surface area contributed by atoms with Gasteiger partial charge in [-0.15, -0.1) is 6.58 Å². The molecule has 0 spiro atoms. The number of aromatic nitrogens is 2. The summed E-state index contributed by atoms with van der Waals surface area (Å²) in [7, 11) is 0. The second-order valence-electron chi connectivity index (χ2n) is 9.78. The van der Waals surface area contributed by atoms with Crippen LogP contribution in [-0.2, 0) is 0 Å². The number of allylic oxidation sites excluding steroid dienone is 7. The molecule has 1 unspecified atom stereocenters. The number of hydrogen-bond acceptors (Lipinski definition) is 0. The highest BCUT2D eigenvalue weighted by Gasteiger charge is 2.22. The van der Waals surface area contributed by atoms with Crippen LogP contribution in [0.2, 0.25) is 0 Å². The van der Waals surface area contributed by atoms with Crippen LogP contribution in [0.4, 0.5) is 0 Å². The van der Waals surface area contributed by atoms with E-state index in [4.69, 9.17) is 0 Å². The Bertz CT molecular complexity index is 1810. The second-order valence-corrected chi connectivity index (χ2v) is 9.78. The highest BCUT2D eigenvalue weighted by molar-refractivity contribution is 6.12. The van der Waals surface area contributed by atoms with Gasteiger partial charge in [0.25, 0.3) is 0 Å². The Kier molecular flexibility index (Phi) is 4.46. The van der Waals surface area contributed by atoms with Crippen molar-refractivity contribution in [2.45, 2.75) is 6.92 Å². The Morgan fingerprint density at radius 3 is 1.39 bits per heavy atom. The summed E-state index contributed by atoms with van der Waals surface area (Å²) in [5, 5.41) is 5.05. The summed E-state index contributed by atoms with van der Waals surface area (Å²) in [6.07, 6.45) is 11.2. The van der Waals surface area contributed by atoms with Gasteiger partial charge in [0.2, 0.25) is 0 Å². The molecule has 0 aliphatic heterocycles. The van der Waals surface area contributed by atoms with Gasteiger partial charge in [-0.3, -0.25) is 0 Å². The van der Waals surface area contributed by atoms with Crippen molar-refractivity contribution >= 4 is 55.0 Å². The van der Waals surface area contributed by atoms with Gasteiger partial charge in [-0.05, 0) is 49.4 Å². The van der Waals surface area contributed by atoms with E-state index in [1.54, 1.807) is 0 Å². The Hall–Kier alpha value is -4.56. The number of hydrogen-bond donors (Lipinski definition) is 0. The lowest BCUT2D eigenvalue weighted by Gasteiger charge is -2.18. The van der Waals surface area contributed by atoms with E-state index in [0.29, 0.717) is 0 Å². The van der Waals surface area contributed by atoms with Crippen molar-refractivity contribution in [2.24, 2.45) is 5.41 Å². The van der Waals surface area contributed by atoms with Gasteiger partial charge in [0.15, 0.2) is 0 Å². The molecule has 0 bridgehead atoms. The highest BCUT2D eigenvalue weighted by Crippen LogP contribution is 2.39. The predicted octanol–water partition coefficient (Wildman–Crippen LogP) is 9.05. The molecule has 4 aromatic carbocycles. The zero-order valence-corrected chi connectivity index (χ0v) is 20.2. The van der Waals surface area contributed by atoms with E-state index < -0.39 is 0 Å². The van der Waals surface area contributed by atoms with E-state index in [1.807, 2.05) is 6.08 Å². The lowest BCUT2D eigenvalue weighted by molar-refractivity contribution is 0.719. The lowest BCUT2D eigenvalue weighted by atomic mass is 9.90. The number of fused-ring (bicyclic) bond motifs is 6. The van der Waals surface area contributed by atoms with Gasteiger partial charge in [-0.1, -0.05) is 84.9 Å². The minimum Gasteiger partial charge on any atom is -0.309 e. The van der Waals surface area contributed by atoms with Crippen LogP contribution < -0.4 is 0 Å². The average molecular weight is 463 g/mol. The quantitative estimate of drug-likeness (QED) is 0.232. The van der Waals surface area contributed by atoms with Crippen molar-refractivity contribution in [3.05, 3.63) is 134 Å². The molecule has 0 fully saturated rings. The fourth-order valence-electron chi connectivity index (χ4n) is 5.67. The largest absolute Gasteiger partial charge is 0.309 e. The number of nitrogens with zero attached hydrogens (tertiary/aromatic N) is 2. The van der Waals surface area contributed by atoms with E-state index in [9.17, 15) is 0 Å². The molecule has 0 saturated carbocycles. The van der Waals surface area contributed by atoms with Crippen molar-refractivity contribution in [2.75, 3.05) is 0 Å². The van der Waals surface area contributed by atoms with Gasteiger partial charge in [-0.25, -0.2) is 0 Å². The standard InChI is InChI=1S/C34H26N2/c1-3-34(2)21-20-24(35-30-16-8-4-12-26(30)27-13-5-9-17-31(27)35)22-25(23-34)36-32-18-10-6-14-28(32)29-15-7-11-19-33(29)36/h3-23H,1H2,2H3. The van der Waals surface area contributed by atoms with Crippen LogP contribution in [0.1, 0.15) is 6.92 Å². The first-order valence-corrected chi connectivity index (χ1v) is 12.4. The van der Waals surface area contributed by atoms with Crippen LogP contribution in [0.25, 0.3) is 55.0 Å². The molecule has 2 heterocycles. The molecule has 2 nitrogen and oxygen atoms in total. The molecule has 1 aliphatic carbocycles. The summed E-state index contributed by atoms with van der Waals surface area (Å²) in [4.78, 5) is 0. The summed E-state index contributed by atoms with van der Waals surface area (Å²) in [5.41, 5.74) is 6.80. The van der Waals surface area contributed by atoms with Crippen molar-refractivity contribution < 1.29 is 0 Å². The van der Waals surface area contributed by atoms with Crippen LogP contribution in [0.15, 0.2) is 134 Å². The van der Waals surface area contributed by atoms with Crippen LogP contribution in [0.3, 0.4) is 0 Å². The SMILES string of the molecule is C=CC1(C)C=CC(n2c3ccccc3c3ccccc32)=CC(n2c3ccccc3c3ccccc32)=C1. The molecule has 0 saturated heterocycles. The molecule has 1 aliphatic rings. The zero-order valence-electron chi connectivity index (χ0n) is 20.2. The Balaban J connectivity index is 1.58. The molecule has 2 aromatic heterocycles. The minimum absolute atomic E-state index is 0.293. The monoisotopic (exact) mass is 462 g/mol. The first kappa shape index (κ1) is 20.8. The van der Waals surface area contributed by atoms with Crippen molar-refractivity contribution in [1.29, 1.82) is 0 Å². The molecule has 2 heteroatoms. The third-order valence-corrected chi connectivity index (χ3v) is 7.48. The van der Waals surface area contributed by atoms with E-state index in [1.165, 1.54) is 43.6 Å². The van der Waals surface area contributed by atoms with Gasteiger partial charge in [-0.2, -0.15) is 0 Å². The molecular weight excluding hydrogens is 436 g/mol. The maximum atomic E-state index is 4.19. The van der Waals surface area contributed by atoms with Crippen molar-refractivity contribution in [3.8, 4) is 0 Å². The number of benzene rings is 4. The highest BCUT2D eigenvalue weighted by atomic mass is 15.0. The predicted molar refractivity (Wildman–Crippen MR) is 155 cm³/mol. The van der Waals surface area contributed by atoms with Gasteiger partial charge in [0.1, 0.15) is 0 Å². The van der Waals surface area contributed by atoms with E-state index >= 15 is 0 Å². The summed E-state index contributed by atoms with van der Waals surface area (Å²) < 4.78 is 4.78. The second kappa shape index (κ2) is 7.73. The van der Waals surface area contributed by atoms with E-state index in [0.717, 1.165) is 11.4 Å². The fourth-order valence-corrected chi connectivity index (χ4v) is 5.67. The van der Waals surface area contributed by atoms with Crippen LogP contribution in [0, 0.1) is 5.41 Å². The molecular formula is C34H26N2. The summed E-state index contributed by atoms with van der Waals surface area (Å²) in [5.74, 6) is 0. The lowest BCUT2D eigenvalue weighted by Crippen LogP contribution is -2.06. The molecule has 36 heavy (non-hydrogen) atoms. The molecule has 6 aromatic rings. The number of para-hydroxylation sites is 4. The summed E-state index contributed by atoms with van der Waals surface area (Å²) >= 11 is 0. The Labute approximate surface area is 210 Å². The molecule has 172 valence electrons. The van der Waals surface area contributed by atoms with Crippen LogP contribution in [-0.4, -0.2) is 9.13 Å². The zero-order chi connectivity index (χ0) is 24.3. The first-order valence-electron chi connectivity index (χ1n) is 12.4. The van der Waals surface area contributed by atoms with E-state index in [2.05, 4.69) is 144 Å². The normalized spacial score (nSPS) is 18.0. The van der Waals surface area contributed by atoms with Gasteiger partial charge < -0.3 is 9.13 Å². The van der Waals surface area contributed by atoms with Crippen LogP contribution in [0.5, 0.6) is 0 Å². The molecule has 7 rings (SSSR count). The first-order chi connectivity index (χ1) is 17.7. The maximum Gasteiger partial charge on any atom is 0.0541 e. The van der Waals surface area contributed by atoms with Crippen LogP contribution >= 0.6 is 0 Å². The van der Waals surface area contributed by atoms with Gasteiger partial charge in [0, 0.05) is 38.4 Å². The fraction of sp³-hybridized carbons (Fsp3) is 0.0588. The molecule has 0 amide bonds. The third-order valence-electron chi connectivity index (χ3n) is 7.48. The Morgan fingerprint density at radius 2 is 0.972 bits per heavy atom. The maximum absolute atomic E-state index is 4.19. The molecule has 1 atom stereocenters. The van der Waals surface area contributed by atoms with Gasteiger partial charge in [0.05, 0.1) is 22.1 Å². The van der Waals surface area contributed by atoms with Gasteiger partial charge >= 0.3 is 0 Å². The average Bonchev–Trinajstić information content (AvgIpc) is 3.37. The Morgan fingerprint density at radius 1 is 0.583 bits per heavy atom. The van der Waals surface area contributed by atoms with Crippen molar-refractivity contribution in [3.63, 3.8) is 0 Å². The van der Waals surface area contributed by atoms with Crippen molar-refractivity contribution in [1.82, 2.24) is 9.13 Å². The topological polar surface area (TPSA) is 9.86 Å². The van der Waals surface area contributed by atoms with E-state index in [-0.39, 0.29) is 5.41 Å². The smallest absolute Gasteiger partial charge is 0.0541 e. The third kappa shape index (κ3) is 2.98. The number of rotatable bonds is 3. The minimum atomic E-state index is -0.293. The molecule has 0 N–H and O–H groups in total. The summed E-state index contributed by atoms with van der Waals surface area (Å²) in [6, 6.07) is 34.7. The summed E-state index contributed by atoms with van der Waals surface area (Å²) in [6.45, 7) is 6.41. The molecule has 0 radical (unpaired) electrons.